The van der Waals surface area contributed by atoms with Crippen LogP contribution in [0.15, 0.2) is 48.8 Å². The number of anilines is 3. The SMILES string of the molecule is CC(C)Nc1nc(Nc2ccncc2)nc(-c2cccc(F)c2)n1. The number of pyridine rings is 1. The molecule has 0 unspecified atom stereocenters. The van der Waals surface area contributed by atoms with Crippen LogP contribution in [0.25, 0.3) is 11.4 Å². The number of hydrogen-bond acceptors (Lipinski definition) is 6. The van der Waals surface area contributed by atoms with Gasteiger partial charge in [0.25, 0.3) is 0 Å². The van der Waals surface area contributed by atoms with Crippen molar-refractivity contribution in [3.8, 4) is 11.4 Å². The van der Waals surface area contributed by atoms with Crippen molar-refractivity contribution < 1.29 is 4.39 Å². The van der Waals surface area contributed by atoms with E-state index in [9.17, 15) is 4.39 Å². The van der Waals surface area contributed by atoms with Crippen molar-refractivity contribution in [1.29, 1.82) is 0 Å². The molecule has 3 rings (SSSR count). The van der Waals surface area contributed by atoms with Gasteiger partial charge in [-0.05, 0) is 38.1 Å². The molecular weight excluding hydrogens is 307 g/mol. The largest absolute Gasteiger partial charge is 0.352 e. The molecular formula is C17H17FN6. The third-order valence-electron chi connectivity index (χ3n) is 3.07. The number of rotatable bonds is 5. The number of halogens is 1. The van der Waals surface area contributed by atoms with E-state index in [1.54, 1.807) is 36.7 Å². The van der Waals surface area contributed by atoms with Crippen molar-refractivity contribution >= 4 is 17.6 Å². The first-order valence-electron chi connectivity index (χ1n) is 7.56. The van der Waals surface area contributed by atoms with Crippen LogP contribution in [0.3, 0.4) is 0 Å². The Kier molecular flexibility index (Phi) is 4.60. The fourth-order valence-corrected chi connectivity index (χ4v) is 2.08. The lowest BCUT2D eigenvalue weighted by Gasteiger charge is -2.12. The van der Waals surface area contributed by atoms with Crippen LogP contribution < -0.4 is 10.6 Å². The Morgan fingerprint density at radius 2 is 1.71 bits per heavy atom. The minimum Gasteiger partial charge on any atom is -0.352 e. The zero-order valence-corrected chi connectivity index (χ0v) is 13.4. The maximum absolute atomic E-state index is 13.5. The highest BCUT2D eigenvalue weighted by Crippen LogP contribution is 2.21. The molecule has 0 radical (unpaired) electrons. The van der Waals surface area contributed by atoms with E-state index in [2.05, 4.69) is 30.6 Å². The summed E-state index contributed by atoms with van der Waals surface area (Å²) < 4.78 is 13.5. The van der Waals surface area contributed by atoms with E-state index in [0.29, 0.717) is 23.3 Å². The van der Waals surface area contributed by atoms with Gasteiger partial charge in [-0.15, -0.1) is 0 Å². The molecule has 2 heterocycles. The standard InChI is InChI=1S/C17H17FN6/c1-11(2)20-16-22-15(12-4-3-5-13(18)10-12)23-17(24-16)21-14-6-8-19-9-7-14/h3-11H,1-2H3,(H2,19,20,21,22,23,24). The van der Waals surface area contributed by atoms with Crippen LogP contribution in [0.1, 0.15) is 13.8 Å². The van der Waals surface area contributed by atoms with E-state index in [4.69, 9.17) is 0 Å². The Balaban J connectivity index is 2.00. The maximum atomic E-state index is 13.5. The first kappa shape index (κ1) is 15.8. The van der Waals surface area contributed by atoms with Gasteiger partial charge in [0.05, 0.1) is 0 Å². The molecule has 0 spiro atoms. The molecule has 7 heteroatoms. The van der Waals surface area contributed by atoms with Gasteiger partial charge in [-0.25, -0.2) is 4.39 Å². The summed E-state index contributed by atoms with van der Waals surface area (Å²) in [7, 11) is 0. The van der Waals surface area contributed by atoms with E-state index in [1.807, 2.05) is 13.8 Å². The molecule has 0 amide bonds. The second kappa shape index (κ2) is 6.99. The maximum Gasteiger partial charge on any atom is 0.232 e. The van der Waals surface area contributed by atoms with Crippen LogP contribution in [0.5, 0.6) is 0 Å². The molecule has 0 atom stereocenters. The molecule has 1 aromatic carbocycles. The summed E-state index contributed by atoms with van der Waals surface area (Å²) in [6, 6.07) is 9.93. The normalized spacial score (nSPS) is 10.7. The first-order valence-corrected chi connectivity index (χ1v) is 7.56. The monoisotopic (exact) mass is 324 g/mol. The van der Waals surface area contributed by atoms with Crippen LogP contribution in [-0.4, -0.2) is 26.0 Å². The number of nitrogens with one attached hydrogen (secondary N) is 2. The smallest absolute Gasteiger partial charge is 0.232 e. The van der Waals surface area contributed by atoms with Crippen LogP contribution in [0.2, 0.25) is 0 Å². The Bertz CT molecular complexity index is 822. The zero-order chi connectivity index (χ0) is 16.9. The summed E-state index contributed by atoms with van der Waals surface area (Å²) in [5, 5.41) is 6.25. The van der Waals surface area contributed by atoms with Crippen molar-refractivity contribution in [2.24, 2.45) is 0 Å². The van der Waals surface area contributed by atoms with Crippen molar-refractivity contribution in [3.63, 3.8) is 0 Å². The van der Waals surface area contributed by atoms with Crippen LogP contribution >= 0.6 is 0 Å². The van der Waals surface area contributed by atoms with Gasteiger partial charge in [0.2, 0.25) is 11.9 Å². The summed E-state index contributed by atoms with van der Waals surface area (Å²) >= 11 is 0. The molecule has 6 nitrogen and oxygen atoms in total. The predicted molar refractivity (Wildman–Crippen MR) is 91.5 cm³/mol. The van der Waals surface area contributed by atoms with Crippen molar-refractivity contribution in [2.45, 2.75) is 19.9 Å². The quantitative estimate of drug-likeness (QED) is 0.746. The van der Waals surface area contributed by atoms with Gasteiger partial charge < -0.3 is 10.6 Å². The summed E-state index contributed by atoms with van der Waals surface area (Å²) in [4.78, 5) is 17.1. The molecule has 24 heavy (non-hydrogen) atoms. The second-order valence-electron chi connectivity index (χ2n) is 5.48. The Hall–Kier alpha value is -3.09. The molecule has 0 aliphatic rings. The Morgan fingerprint density at radius 3 is 2.42 bits per heavy atom. The average Bonchev–Trinajstić information content (AvgIpc) is 2.55. The highest BCUT2D eigenvalue weighted by Gasteiger charge is 2.10. The number of benzene rings is 1. The van der Waals surface area contributed by atoms with Gasteiger partial charge in [-0.3, -0.25) is 4.98 Å². The van der Waals surface area contributed by atoms with Crippen LogP contribution in [0.4, 0.5) is 22.0 Å². The van der Waals surface area contributed by atoms with Gasteiger partial charge in [0.15, 0.2) is 5.82 Å². The molecule has 3 aromatic rings. The van der Waals surface area contributed by atoms with E-state index >= 15 is 0 Å². The van der Waals surface area contributed by atoms with E-state index in [1.165, 1.54) is 12.1 Å². The molecule has 0 bridgehead atoms. The third kappa shape index (κ3) is 4.01. The van der Waals surface area contributed by atoms with E-state index in [-0.39, 0.29) is 11.9 Å². The molecule has 0 saturated carbocycles. The number of hydrogen-bond donors (Lipinski definition) is 2. The molecule has 0 aliphatic heterocycles. The minimum absolute atomic E-state index is 0.154. The van der Waals surface area contributed by atoms with Gasteiger partial charge in [-0.1, -0.05) is 12.1 Å². The molecule has 122 valence electrons. The average molecular weight is 324 g/mol. The van der Waals surface area contributed by atoms with Crippen molar-refractivity contribution in [3.05, 3.63) is 54.6 Å². The minimum atomic E-state index is -0.338. The predicted octanol–water partition coefficient (Wildman–Crippen LogP) is 3.64. The van der Waals surface area contributed by atoms with Gasteiger partial charge >= 0.3 is 0 Å². The summed E-state index contributed by atoms with van der Waals surface area (Å²) in [5.74, 6) is 0.855. The van der Waals surface area contributed by atoms with Crippen molar-refractivity contribution in [1.82, 2.24) is 19.9 Å². The Labute approximate surface area is 139 Å². The molecule has 0 fully saturated rings. The highest BCUT2D eigenvalue weighted by molar-refractivity contribution is 5.60. The van der Waals surface area contributed by atoms with E-state index in [0.717, 1.165) is 5.69 Å². The highest BCUT2D eigenvalue weighted by atomic mass is 19.1. The number of aromatic nitrogens is 4. The third-order valence-corrected chi connectivity index (χ3v) is 3.07. The van der Waals surface area contributed by atoms with Gasteiger partial charge in [-0.2, -0.15) is 15.0 Å². The van der Waals surface area contributed by atoms with E-state index < -0.39 is 0 Å². The first-order chi connectivity index (χ1) is 11.6. The van der Waals surface area contributed by atoms with Gasteiger partial charge in [0.1, 0.15) is 5.82 Å². The lowest BCUT2D eigenvalue weighted by molar-refractivity contribution is 0.628. The lowest BCUT2D eigenvalue weighted by atomic mass is 10.2. The fourth-order valence-electron chi connectivity index (χ4n) is 2.08. The summed E-state index contributed by atoms with van der Waals surface area (Å²) in [5.41, 5.74) is 1.39. The molecule has 2 N–H and O–H groups in total. The van der Waals surface area contributed by atoms with Crippen molar-refractivity contribution in [2.75, 3.05) is 10.6 Å². The number of nitrogens with zero attached hydrogens (tertiary/aromatic N) is 4. The van der Waals surface area contributed by atoms with Crippen LogP contribution in [-0.2, 0) is 0 Å². The molecule has 0 aliphatic carbocycles. The molecule has 0 saturated heterocycles. The second-order valence-corrected chi connectivity index (χ2v) is 5.48. The Morgan fingerprint density at radius 1 is 0.958 bits per heavy atom. The topological polar surface area (TPSA) is 75.6 Å². The van der Waals surface area contributed by atoms with Crippen LogP contribution in [0, 0.1) is 5.82 Å². The zero-order valence-electron chi connectivity index (χ0n) is 13.4. The summed E-state index contributed by atoms with van der Waals surface area (Å²) in [6.07, 6.45) is 3.34. The summed E-state index contributed by atoms with van der Waals surface area (Å²) in [6.45, 7) is 3.98. The molecule has 2 aromatic heterocycles. The van der Waals surface area contributed by atoms with Gasteiger partial charge in [0, 0.05) is 29.7 Å². The lowest BCUT2D eigenvalue weighted by Crippen LogP contribution is -2.14. The fraction of sp³-hybridized carbons (Fsp3) is 0.176.